The van der Waals surface area contributed by atoms with Gasteiger partial charge in [-0.3, -0.25) is 10.0 Å². The quantitative estimate of drug-likeness (QED) is 0.323. The predicted molar refractivity (Wildman–Crippen MR) is 113 cm³/mol. The number of halogens is 2. The first-order chi connectivity index (χ1) is 12.2. The number of nitrogens with zero attached hydrogens (tertiary/aromatic N) is 1. The second-order valence-corrected chi connectivity index (χ2v) is 7.33. The molecule has 0 bridgehead atoms. The van der Waals surface area contributed by atoms with Crippen LogP contribution in [0.5, 0.6) is 0 Å². The molecule has 0 aromatic carbocycles. The molecule has 1 saturated carbocycles. The lowest BCUT2D eigenvalue weighted by atomic mass is 9.79. The van der Waals surface area contributed by atoms with Crippen LogP contribution in [0, 0.1) is 5.92 Å². The summed E-state index contributed by atoms with van der Waals surface area (Å²) in [4.78, 5) is 15.5. The normalized spacial score (nSPS) is 22.7. The molecule has 0 radical (unpaired) electrons. The number of hydrogen-bond donors (Lipinski definition) is 4. The summed E-state index contributed by atoms with van der Waals surface area (Å²) >= 11 is 0. The minimum atomic E-state index is -0.550. The van der Waals surface area contributed by atoms with Gasteiger partial charge in [0.2, 0.25) is 0 Å². The van der Waals surface area contributed by atoms with E-state index >= 15 is 0 Å². The summed E-state index contributed by atoms with van der Waals surface area (Å²) in [5.41, 5.74) is 2.49. The zero-order chi connectivity index (χ0) is 17.5. The van der Waals surface area contributed by atoms with Crippen LogP contribution < -0.4 is 16.1 Å². The van der Waals surface area contributed by atoms with E-state index in [0.717, 1.165) is 36.8 Å². The molecule has 4 N–H and O–H groups in total. The molecule has 1 aliphatic carbocycles. The van der Waals surface area contributed by atoms with Crippen molar-refractivity contribution >= 4 is 42.6 Å². The molecule has 1 aromatic heterocycles. The van der Waals surface area contributed by atoms with Crippen molar-refractivity contribution in [3.8, 4) is 0 Å². The Labute approximate surface area is 173 Å². The number of rotatable bonds is 6. The molecule has 1 saturated heterocycles. The van der Waals surface area contributed by atoms with Crippen LogP contribution in [0.2, 0.25) is 0 Å². The van der Waals surface area contributed by atoms with Gasteiger partial charge in [0.1, 0.15) is 5.82 Å². The third kappa shape index (κ3) is 6.96. The molecule has 2 heterocycles. The van der Waals surface area contributed by atoms with Gasteiger partial charge >= 0.3 is 0 Å². The minimum Gasteiger partial charge on any atom is -0.363 e. The Bertz CT molecular complexity index is 598. The Hall–Kier alpha value is -1.34. The predicted octanol–water partition coefficient (Wildman–Crippen LogP) is 3.56. The monoisotopic (exact) mass is 416 g/mol. The molecule has 8 heteroatoms. The zero-order valence-electron chi connectivity index (χ0n) is 15.4. The van der Waals surface area contributed by atoms with E-state index in [2.05, 4.69) is 15.6 Å². The molecule has 2 fully saturated rings. The lowest BCUT2D eigenvalue weighted by Crippen LogP contribution is -2.42. The van der Waals surface area contributed by atoms with Crippen LogP contribution in [-0.4, -0.2) is 34.7 Å². The third-order valence-corrected chi connectivity index (χ3v) is 5.36. The summed E-state index contributed by atoms with van der Waals surface area (Å²) in [7, 11) is 0. The first-order valence-electron chi connectivity index (χ1n) is 9.26. The van der Waals surface area contributed by atoms with E-state index in [0.29, 0.717) is 0 Å². The number of aromatic nitrogens is 1. The van der Waals surface area contributed by atoms with Gasteiger partial charge in [0.15, 0.2) is 0 Å². The van der Waals surface area contributed by atoms with Crippen LogP contribution in [0.15, 0.2) is 24.4 Å². The standard InChI is InChI=1S/C19H28N4O2.2ClH/c24-18(23-25)9-7-16-6-8-17(21-13-16)22-19(10-11-20-14-19)12-15-4-2-1-3-5-15;;/h6-9,13,15,20,25H,1-5,10-12,14H2,(H,21,22)(H,23,24);2*1H/b9-7+;;/t19-;;/m0../s1. The molecule has 1 aliphatic heterocycles. The summed E-state index contributed by atoms with van der Waals surface area (Å²) in [6.07, 6.45) is 13.8. The largest absolute Gasteiger partial charge is 0.363 e. The number of pyridine rings is 1. The van der Waals surface area contributed by atoms with Crippen molar-refractivity contribution in [1.29, 1.82) is 0 Å². The van der Waals surface area contributed by atoms with Crippen molar-refractivity contribution in [2.45, 2.75) is 50.5 Å². The fraction of sp³-hybridized carbons (Fsp3) is 0.579. The number of nitrogens with one attached hydrogen (secondary N) is 3. The van der Waals surface area contributed by atoms with Crippen molar-refractivity contribution in [1.82, 2.24) is 15.8 Å². The van der Waals surface area contributed by atoms with Gasteiger partial charge < -0.3 is 10.6 Å². The highest BCUT2D eigenvalue weighted by molar-refractivity contribution is 5.90. The summed E-state index contributed by atoms with van der Waals surface area (Å²) in [5, 5.41) is 15.7. The summed E-state index contributed by atoms with van der Waals surface area (Å²) in [6, 6.07) is 3.88. The van der Waals surface area contributed by atoms with Crippen LogP contribution in [0.4, 0.5) is 5.82 Å². The van der Waals surface area contributed by atoms with Crippen molar-refractivity contribution in [2.75, 3.05) is 18.4 Å². The number of hydrogen-bond acceptors (Lipinski definition) is 5. The Balaban J connectivity index is 0.00000182. The van der Waals surface area contributed by atoms with Gasteiger partial charge in [0.05, 0.1) is 5.54 Å². The highest BCUT2D eigenvalue weighted by atomic mass is 35.5. The summed E-state index contributed by atoms with van der Waals surface area (Å²) in [6.45, 7) is 2.04. The highest BCUT2D eigenvalue weighted by Gasteiger charge is 2.36. The molecular formula is C19H30Cl2N4O2. The first-order valence-corrected chi connectivity index (χ1v) is 9.26. The topological polar surface area (TPSA) is 86.3 Å². The van der Waals surface area contributed by atoms with Gasteiger partial charge in [-0.1, -0.05) is 32.1 Å². The van der Waals surface area contributed by atoms with Gasteiger partial charge in [-0.15, -0.1) is 24.8 Å². The maximum atomic E-state index is 11.0. The smallest absolute Gasteiger partial charge is 0.267 e. The molecule has 2 aliphatic rings. The van der Waals surface area contributed by atoms with E-state index in [1.54, 1.807) is 17.8 Å². The number of amides is 1. The van der Waals surface area contributed by atoms with Crippen LogP contribution in [0.3, 0.4) is 0 Å². The molecule has 1 aromatic rings. The Morgan fingerprint density at radius 2 is 2.07 bits per heavy atom. The van der Waals surface area contributed by atoms with Crippen LogP contribution in [0.25, 0.3) is 6.08 Å². The van der Waals surface area contributed by atoms with E-state index < -0.39 is 5.91 Å². The molecule has 0 unspecified atom stereocenters. The highest BCUT2D eigenvalue weighted by Crippen LogP contribution is 2.35. The second-order valence-electron chi connectivity index (χ2n) is 7.33. The lowest BCUT2D eigenvalue weighted by molar-refractivity contribution is -0.124. The summed E-state index contributed by atoms with van der Waals surface area (Å²) < 4.78 is 0. The van der Waals surface area contributed by atoms with E-state index in [1.807, 2.05) is 12.1 Å². The fourth-order valence-corrected chi connectivity index (χ4v) is 4.08. The fourth-order valence-electron chi connectivity index (χ4n) is 4.08. The molecule has 6 nitrogen and oxygen atoms in total. The minimum absolute atomic E-state index is 0. The average Bonchev–Trinajstić information content (AvgIpc) is 3.09. The first kappa shape index (κ1) is 23.7. The van der Waals surface area contributed by atoms with Gasteiger partial charge in [-0.2, -0.15) is 0 Å². The molecule has 27 heavy (non-hydrogen) atoms. The maximum absolute atomic E-state index is 11.0. The third-order valence-electron chi connectivity index (χ3n) is 5.36. The number of carbonyl (C=O) groups excluding carboxylic acids is 1. The van der Waals surface area contributed by atoms with Gasteiger partial charge in [-0.25, -0.2) is 10.5 Å². The van der Waals surface area contributed by atoms with E-state index in [9.17, 15) is 4.79 Å². The molecule has 1 amide bonds. The Morgan fingerprint density at radius 1 is 1.30 bits per heavy atom. The molecule has 152 valence electrons. The van der Waals surface area contributed by atoms with E-state index in [4.69, 9.17) is 5.21 Å². The van der Waals surface area contributed by atoms with Crippen LogP contribution in [-0.2, 0) is 4.79 Å². The zero-order valence-corrected chi connectivity index (χ0v) is 17.1. The SMILES string of the molecule is Cl.Cl.O=C(/C=C/c1ccc(N[C@]2(CC3CCCCC3)CCNC2)nc1)NO. The van der Waals surface area contributed by atoms with E-state index in [1.165, 1.54) is 44.6 Å². The Kier molecular flexibility index (Phi) is 10.1. The van der Waals surface area contributed by atoms with E-state index in [-0.39, 0.29) is 30.4 Å². The number of anilines is 1. The molecular weight excluding hydrogens is 387 g/mol. The van der Waals surface area contributed by atoms with Gasteiger partial charge in [0.25, 0.3) is 5.91 Å². The van der Waals surface area contributed by atoms with Crippen LogP contribution >= 0.6 is 24.8 Å². The van der Waals surface area contributed by atoms with Gasteiger partial charge in [-0.05, 0) is 49.1 Å². The molecule has 1 atom stereocenters. The number of hydroxylamine groups is 1. The summed E-state index contributed by atoms with van der Waals surface area (Å²) in [5.74, 6) is 1.15. The van der Waals surface area contributed by atoms with Gasteiger partial charge in [0, 0.05) is 18.8 Å². The molecule has 0 spiro atoms. The van der Waals surface area contributed by atoms with Crippen molar-refractivity contribution in [2.24, 2.45) is 5.92 Å². The van der Waals surface area contributed by atoms with Crippen LogP contribution in [0.1, 0.15) is 50.5 Å². The average molecular weight is 417 g/mol. The molecule has 3 rings (SSSR count). The maximum Gasteiger partial charge on any atom is 0.267 e. The van der Waals surface area contributed by atoms with Crippen molar-refractivity contribution in [3.05, 3.63) is 30.0 Å². The second kappa shape index (κ2) is 11.5. The lowest BCUT2D eigenvalue weighted by Gasteiger charge is -2.35. The number of carbonyl (C=O) groups is 1. The van der Waals surface area contributed by atoms with Crippen molar-refractivity contribution in [3.63, 3.8) is 0 Å². The Morgan fingerprint density at radius 3 is 2.67 bits per heavy atom. The van der Waals surface area contributed by atoms with Crippen molar-refractivity contribution < 1.29 is 10.0 Å².